The van der Waals surface area contributed by atoms with Crippen LogP contribution in [0.1, 0.15) is 44.7 Å². The summed E-state index contributed by atoms with van der Waals surface area (Å²) in [6.45, 7) is 10.3. The summed E-state index contributed by atoms with van der Waals surface area (Å²) in [5.74, 6) is 0.586. The summed E-state index contributed by atoms with van der Waals surface area (Å²) < 4.78 is 0. The van der Waals surface area contributed by atoms with Crippen LogP contribution in [0, 0.1) is 5.41 Å². The summed E-state index contributed by atoms with van der Waals surface area (Å²) in [5.41, 5.74) is 3.19. The molecule has 0 amide bonds. The van der Waals surface area contributed by atoms with Crippen LogP contribution in [0.25, 0.3) is 0 Å². The Bertz CT molecular complexity index is 330. The first-order valence-electron chi connectivity index (χ1n) is 6.58. The van der Waals surface area contributed by atoms with Crippen LogP contribution in [-0.2, 0) is 6.42 Å². The maximum Gasteiger partial charge on any atom is 0.00492 e. The highest BCUT2D eigenvalue weighted by atomic mass is 15.1. The zero-order valence-corrected chi connectivity index (χ0v) is 12.2. The quantitative estimate of drug-likeness (QED) is 0.761. The molecule has 0 fully saturated rings. The van der Waals surface area contributed by atoms with Crippen LogP contribution in [0.3, 0.4) is 0 Å². The van der Waals surface area contributed by atoms with Crippen molar-refractivity contribution < 1.29 is 0 Å². The molecule has 1 aromatic rings. The SMILES string of the molecule is CCc1ccc(C(CN(C)C)C(C)(C)C)cc1. The number of likely N-dealkylation sites (N-methyl/N-ethyl adjacent to an activating group) is 1. The number of aryl methyl sites for hydroxylation is 1. The largest absolute Gasteiger partial charge is 0.309 e. The molecule has 1 atom stereocenters. The summed E-state index contributed by atoms with van der Waals surface area (Å²) in [6.07, 6.45) is 1.12. The van der Waals surface area contributed by atoms with Crippen molar-refractivity contribution in [1.82, 2.24) is 4.90 Å². The van der Waals surface area contributed by atoms with Crippen molar-refractivity contribution in [2.45, 2.75) is 40.0 Å². The van der Waals surface area contributed by atoms with E-state index in [1.165, 1.54) is 11.1 Å². The lowest BCUT2D eigenvalue weighted by atomic mass is 9.76. The second-order valence-electron chi connectivity index (χ2n) is 6.28. The Kier molecular flexibility index (Phi) is 4.76. The molecule has 0 aromatic heterocycles. The van der Waals surface area contributed by atoms with E-state index in [1.54, 1.807) is 0 Å². The van der Waals surface area contributed by atoms with Crippen molar-refractivity contribution in [3.8, 4) is 0 Å². The summed E-state index contributed by atoms with van der Waals surface area (Å²) in [6, 6.07) is 9.14. The van der Waals surface area contributed by atoms with E-state index in [9.17, 15) is 0 Å². The Morgan fingerprint density at radius 2 is 1.59 bits per heavy atom. The van der Waals surface area contributed by atoms with Gasteiger partial charge in [-0.05, 0) is 37.1 Å². The van der Waals surface area contributed by atoms with Gasteiger partial charge in [-0.3, -0.25) is 0 Å². The number of hydrogen-bond acceptors (Lipinski definition) is 1. The van der Waals surface area contributed by atoms with E-state index in [-0.39, 0.29) is 0 Å². The van der Waals surface area contributed by atoms with E-state index in [2.05, 4.69) is 71.0 Å². The van der Waals surface area contributed by atoms with Crippen molar-refractivity contribution >= 4 is 0 Å². The van der Waals surface area contributed by atoms with Crippen LogP contribution in [0.5, 0.6) is 0 Å². The van der Waals surface area contributed by atoms with Gasteiger partial charge in [-0.25, -0.2) is 0 Å². The minimum atomic E-state index is 0.304. The van der Waals surface area contributed by atoms with Crippen molar-refractivity contribution in [1.29, 1.82) is 0 Å². The Morgan fingerprint density at radius 1 is 1.06 bits per heavy atom. The van der Waals surface area contributed by atoms with E-state index < -0.39 is 0 Å². The number of benzene rings is 1. The number of hydrogen-bond donors (Lipinski definition) is 0. The van der Waals surface area contributed by atoms with Crippen molar-refractivity contribution in [2.75, 3.05) is 20.6 Å². The number of nitrogens with zero attached hydrogens (tertiary/aromatic N) is 1. The third-order valence-electron chi connectivity index (χ3n) is 3.38. The van der Waals surface area contributed by atoms with Gasteiger partial charge in [0.25, 0.3) is 0 Å². The summed E-state index contributed by atoms with van der Waals surface area (Å²) in [5, 5.41) is 0. The standard InChI is InChI=1S/C16H27N/c1-7-13-8-10-14(11-9-13)15(12-17(5)6)16(2,3)4/h8-11,15H,7,12H2,1-6H3. The maximum absolute atomic E-state index is 2.33. The van der Waals surface area contributed by atoms with Gasteiger partial charge in [0.15, 0.2) is 0 Å². The summed E-state index contributed by atoms with van der Waals surface area (Å²) in [4.78, 5) is 2.28. The van der Waals surface area contributed by atoms with Crippen molar-refractivity contribution in [3.63, 3.8) is 0 Å². The molecule has 0 aliphatic heterocycles. The summed E-state index contributed by atoms with van der Waals surface area (Å²) >= 11 is 0. The highest BCUT2D eigenvalue weighted by molar-refractivity contribution is 5.27. The van der Waals surface area contributed by atoms with E-state index >= 15 is 0 Å². The van der Waals surface area contributed by atoms with Crippen LogP contribution >= 0.6 is 0 Å². The maximum atomic E-state index is 2.33. The van der Waals surface area contributed by atoms with Gasteiger partial charge in [0.1, 0.15) is 0 Å². The fourth-order valence-corrected chi connectivity index (χ4v) is 2.23. The molecule has 0 spiro atoms. The predicted molar refractivity (Wildman–Crippen MR) is 76.6 cm³/mol. The van der Waals surface area contributed by atoms with Crippen LogP contribution in [0.2, 0.25) is 0 Å². The molecule has 0 bridgehead atoms. The van der Waals surface area contributed by atoms with Gasteiger partial charge in [-0.15, -0.1) is 0 Å². The Hall–Kier alpha value is -0.820. The van der Waals surface area contributed by atoms with Gasteiger partial charge in [0, 0.05) is 12.5 Å². The van der Waals surface area contributed by atoms with Crippen molar-refractivity contribution in [2.24, 2.45) is 5.41 Å². The molecule has 0 aliphatic rings. The molecule has 1 nitrogen and oxygen atoms in total. The molecule has 0 aliphatic carbocycles. The van der Waals surface area contributed by atoms with Crippen LogP contribution in [-0.4, -0.2) is 25.5 Å². The Balaban J connectivity index is 2.96. The molecule has 0 radical (unpaired) electrons. The first-order chi connectivity index (χ1) is 7.84. The molecule has 0 saturated heterocycles. The lowest BCUT2D eigenvalue weighted by Crippen LogP contribution is -2.29. The number of rotatable bonds is 4. The minimum absolute atomic E-state index is 0.304. The zero-order valence-electron chi connectivity index (χ0n) is 12.2. The molecule has 17 heavy (non-hydrogen) atoms. The normalized spacial score (nSPS) is 14.1. The zero-order chi connectivity index (χ0) is 13.1. The molecule has 0 N–H and O–H groups in total. The molecule has 1 heteroatoms. The van der Waals surface area contributed by atoms with E-state index in [0.29, 0.717) is 11.3 Å². The smallest absolute Gasteiger partial charge is 0.00492 e. The summed E-state index contributed by atoms with van der Waals surface area (Å²) in [7, 11) is 4.30. The average Bonchev–Trinajstić information content (AvgIpc) is 2.24. The molecule has 1 rings (SSSR count). The lowest BCUT2D eigenvalue weighted by molar-refractivity contribution is 0.250. The van der Waals surface area contributed by atoms with Gasteiger partial charge in [-0.1, -0.05) is 52.0 Å². The third kappa shape index (κ3) is 4.16. The van der Waals surface area contributed by atoms with Gasteiger partial charge in [-0.2, -0.15) is 0 Å². The van der Waals surface area contributed by atoms with Gasteiger partial charge >= 0.3 is 0 Å². The van der Waals surface area contributed by atoms with Crippen molar-refractivity contribution in [3.05, 3.63) is 35.4 Å². The van der Waals surface area contributed by atoms with Crippen LogP contribution in [0.4, 0.5) is 0 Å². The third-order valence-corrected chi connectivity index (χ3v) is 3.38. The molecule has 0 heterocycles. The highest BCUT2D eigenvalue weighted by Crippen LogP contribution is 2.35. The average molecular weight is 233 g/mol. The van der Waals surface area contributed by atoms with Crippen LogP contribution < -0.4 is 0 Å². The van der Waals surface area contributed by atoms with Crippen LogP contribution in [0.15, 0.2) is 24.3 Å². The van der Waals surface area contributed by atoms with E-state index in [1.807, 2.05) is 0 Å². The van der Waals surface area contributed by atoms with Gasteiger partial charge < -0.3 is 4.90 Å². The monoisotopic (exact) mass is 233 g/mol. The molecule has 1 aromatic carbocycles. The fraction of sp³-hybridized carbons (Fsp3) is 0.625. The highest BCUT2D eigenvalue weighted by Gasteiger charge is 2.26. The second-order valence-corrected chi connectivity index (χ2v) is 6.28. The topological polar surface area (TPSA) is 3.24 Å². The Labute approximate surface area is 107 Å². The van der Waals surface area contributed by atoms with Gasteiger partial charge in [0.05, 0.1) is 0 Å². The second kappa shape index (κ2) is 5.68. The minimum Gasteiger partial charge on any atom is -0.309 e. The molecular formula is C16H27N. The molecular weight excluding hydrogens is 206 g/mol. The molecule has 1 unspecified atom stereocenters. The van der Waals surface area contributed by atoms with E-state index in [4.69, 9.17) is 0 Å². The fourth-order valence-electron chi connectivity index (χ4n) is 2.23. The van der Waals surface area contributed by atoms with E-state index in [0.717, 1.165) is 13.0 Å². The predicted octanol–water partition coefficient (Wildman–Crippen LogP) is 3.94. The van der Waals surface area contributed by atoms with Gasteiger partial charge in [0.2, 0.25) is 0 Å². The molecule has 96 valence electrons. The first kappa shape index (κ1) is 14.2. The Morgan fingerprint density at radius 3 is 1.94 bits per heavy atom. The lowest BCUT2D eigenvalue weighted by Gasteiger charge is -2.33. The first-order valence-corrected chi connectivity index (χ1v) is 6.58. The molecule has 0 saturated carbocycles.